The maximum Gasteiger partial charge on any atom is 0.306 e. The molecule has 2 aromatic carbocycles. The second-order valence-corrected chi connectivity index (χ2v) is 7.36. The highest BCUT2D eigenvalue weighted by atomic mass is 35.5. The first kappa shape index (κ1) is 22.0. The summed E-state index contributed by atoms with van der Waals surface area (Å²) < 4.78 is 4.92. The molecule has 0 radical (unpaired) electrons. The Hall–Kier alpha value is -2.31. The number of ether oxygens (including phenoxy) is 1. The van der Waals surface area contributed by atoms with Gasteiger partial charge in [0.05, 0.1) is 6.42 Å². The summed E-state index contributed by atoms with van der Waals surface area (Å²) >= 11 is 7.50. The van der Waals surface area contributed by atoms with Crippen molar-refractivity contribution in [3.05, 3.63) is 64.7 Å². The van der Waals surface area contributed by atoms with E-state index in [0.717, 1.165) is 10.5 Å². The van der Waals surface area contributed by atoms with E-state index in [1.807, 2.05) is 36.6 Å². The molecule has 0 aliphatic heterocycles. The minimum atomic E-state index is -0.570. The van der Waals surface area contributed by atoms with Gasteiger partial charge in [0.25, 0.3) is 5.91 Å². The number of halogens is 1. The third-order valence-corrected chi connectivity index (χ3v) is 4.94. The van der Waals surface area contributed by atoms with Crippen LogP contribution in [0.3, 0.4) is 0 Å². The van der Waals surface area contributed by atoms with Crippen LogP contribution in [0.1, 0.15) is 28.8 Å². The Balaban J connectivity index is 1.63. The lowest BCUT2D eigenvalue weighted by atomic mass is 10.1. The molecular formula is C21H22ClNO4S. The Bertz CT molecular complexity index is 823. The van der Waals surface area contributed by atoms with Crippen LogP contribution in [0.25, 0.3) is 0 Å². The minimum absolute atomic E-state index is 0.0494. The zero-order valence-corrected chi connectivity index (χ0v) is 17.1. The Morgan fingerprint density at radius 1 is 1.07 bits per heavy atom. The zero-order chi connectivity index (χ0) is 20.4. The lowest BCUT2D eigenvalue weighted by Crippen LogP contribution is -2.30. The molecule has 1 amide bonds. The molecule has 2 aromatic rings. The topological polar surface area (TPSA) is 72.5 Å². The van der Waals surface area contributed by atoms with E-state index in [1.165, 1.54) is 0 Å². The van der Waals surface area contributed by atoms with E-state index in [1.54, 1.807) is 30.0 Å². The van der Waals surface area contributed by atoms with Crippen molar-refractivity contribution < 1.29 is 19.1 Å². The summed E-state index contributed by atoms with van der Waals surface area (Å²) in [5, 5.41) is 3.33. The molecular weight excluding hydrogens is 398 g/mol. The second kappa shape index (κ2) is 11.5. The van der Waals surface area contributed by atoms with Gasteiger partial charge in [-0.3, -0.25) is 14.4 Å². The highest BCUT2D eigenvalue weighted by Gasteiger charge is 2.12. The predicted molar refractivity (Wildman–Crippen MR) is 111 cm³/mol. The Morgan fingerprint density at radius 2 is 1.82 bits per heavy atom. The number of amides is 1. The molecule has 5 nitrogen and oxygen atoms in total. The van der Waals surface area contributed by atoms with Crippen LogP contribution in [0.5, 0.6) is 0 Å². The zero-order valence-electron chi connectivity index (χ0n) is 15.6. The van der Waals surface area contributed by atoms with Crippen molar-refractivity contribution in [3.63, 3.8) is 0 Å². The van der Waals surface area contributed by atoms with Crippen LogP contribution < -0.4 is 5.32 Å². The smallest absolute Gasteiger partial charge is 0.306 e. The molecule has 0 saturated heterocycles. The number of benzene rings is 2. The fourth-order valence-corrected chi connectivity index (χ4v) is 3.07. The van der Waals surface area contributed by atoms with Crippen LogP contribution in [-0.2, 0) is 20.7 Å². The Labute approximate surface area is 173 Å². The van der Waals surface area contributed by atoms with E-state index in [2.05, 4.69) is 5.32 Å². The average molecular weight is 420 g/mol. The first-order valence-corrected chi connectivity index (χ1v) is 10.4. The summed E-state index contributed by atoms with van der Waals surface area (Å²) in [5.41, 5.74) is 1.57. The van der Waals surface area contributed by atoms with Gasteiger partial charge < -0.3 is 10.1 Å². The molecule has 0 spiro atoms. The van der Waals surface area contributed by atoms with Crippen LogP contribution in [0.2, 0.25) is 5.02 Å². The fourth-order valence-electron chi connectivity index (χ4n) is 2.44. The number of rotatable bonds is 10. The summed E-state index contributed by atoms with van der Waals surface area (Å²) in [7, 11) is 0. The van der Waals surface area contributed by atoms with Crippen LogP contribution in [-0.4, -0.2) is 37.1 Å². The number of carbonyl (C=O) groups excluding carboxylic acids is 3. The van der Waals surface area contributed by atoms with Gasteiger partial charge in [0.1, 0.15) is 0 Å². The lowest BCUT2D eigenvalue weighted by molar-refractivity contribution is -0.148. The third-order valence-electron chi connectivity index (χ3n) is 3.96. The number of Topliss-reactive ketones (excluding diaryl/α,β-unsaturated/α-hetero) is 1. The number of hydrogen-bond donors (Lipinski definition) is 1. The molecule has 0 fully saturated rings. The van der Waals surface area contributed by atoms with E-state index in [4.69, 9.17) is 16.3 Å². The highest BCUT2D eigenvalue weighted by molar-refractivity contribution is 7.98. The van der Waals surface area contributed by atoms with Crippen LogP contribution in [0, 0.1) is 0 Å². The number of esters is 1. The molecule has 1 N–H and O–H groups in total. The molecule has 7 heteroatoms. The SMILES string of the molecule is CSc1ccc(C(=O)CCC(=O)OCC(=O)NCCc2cccc(Cl)c2)cc1. The Morgan fingerprint density at radius 3 is 2.50 bits per heavy atom. The van der Waals surface area contributed by atoms with Gasteiger partial charge in [-0.2, -0.15) is 0 Å². The first-order chi connectivity index (χ1) is 13.5. The van der Waals surface area contributed by atoms with E-state index in [0.29, 0.717) is 23.6 Å². The molecule has 0 aliphatic rings. The van der Waals surface area contributed by atoms with Crippen molar-refractivity contribution in [2.75, 3.05) is 19.4 Å². The van der Waals surface area contributed by atoms with Gasteiger partial charge in [-0.05, 0) is 42.5 Å². The van der Waals surface area contributed by atoms with Gasteiger partial charge in [0.15, 0.2) is 12.4 Å². The normalized spacial score (nSPS) is 10.4. The minimum Gasteiger partial charge on any atom is -0.456 e. The van der Waals surface area contributed by atoms with Crippen molar-refractivity contribution in [2.45, 2.75) is 24.2 Å². The molecule has 148 valence electrons. The molecule has 0 aliphatic carbocycles. The maximum absolute atomic E-state index is 12.1. The van der Waals surface area contributed by atoms with Gasteiger partial charge in [-0.25, -0.2) is 0 Å². The van der Waals surface area contributed by atoms with E-state index >= 15 is 0 Å². The van der Waals surface area contributed by atoms with Crippen molar-refractivity contribution in [3.8, 4) is 0 Å². The Kier molecular flexibility index (Phi) is 9.04. The monoisotopic (exact) mass is 419 g/mol. The molecule has 0 saturated carbocycles. The van der Waals surface area contributed by atoms with Crippen molar-refractivity contribution >= 4 is 41.0 Å². The summed E-state index contributed by atoms with van der Waals surface area (Å²) in [4.78, 5) is 36.6. The molecule has 28 heavy (non-hydrogen) atoms. The number of ketones is 1. The largest absolute Gasteiger partial charge is 0.456 e. The van der Waals surface area contributed by atoms with Gasteiger partial charge in [-0.1, -0.05) is 35.9 Å². The van der Waals surface area contributed by atoms with E-state index in [9.17, 15) is 14.4 Å². The predicted octanol–water partition coefficient (Wildman–Crippen LogP) is 3.93. The molecule has 2 rings (SSSR count). The van der Waals surface area contributed by atoms with Crippen molar-refractivity contribution in [1.29, 1.82) is 0 Å². The van der Waals surface area contributed by atoms with Crippen LogP contribution in [0.4, 0.5) is 0 Å². The molecule has 0 unspecified atom stereocenters. The molecule has 0 bridgehead atoms. The van der Waals surface area contributed by atoms with Gasteiger partial charge in [0, 0.05) is 28.4 Å². The number of thioether (sulfide) groups is 1. The fraction of sp³-hybridized carbons (Fsp3) is 0.286. The summed E-state index contributed by atoms with van der Waals surface area (Å²) in [6.45, 7) is 0.0617. The standard InChI is InChI=1S/C21H22ClNO4S/c1-28-18-7-5-16(6-8-18)19(24)9-10-21(26)27-14-20(25)23-12-11-15-3-2-4-17(22)13-15/h2-8,13H,9-12,14H2,1H3,(H,23,25). The average Bonchev–Trinajstić information content (AvgIpc) is 2.70. The van der Waals surface area contributed by atoms with Gasteiger partial charge >= 0.3 is 5.97 Å². The van der Waals surface area contributed by atoms with Gasteiger partial charge in [0.2, 0.25) is 0 Å². The van der Waals surface area contributed by atoms with Crippen molar-refractivity contribution in [1.82, 2.24) is 5.32 Å². The first-order valence-electron chi connectivity index (χ1n) is 8.82. The third kappa shape index (κ3) is 7.74. The highest BCUT2D eigenvalue weighted by Crippen LogP contribution is 2.16. The summed E-state index contributed by atoms with van der Waals surface area (Å²) in [5.74, 6) is -1.08. The van der Waals surface area contributed by atoms with Crippen LogP contribution >= 0.6 is 23.4 Å². The molecule has 0 atom stereocenters. The number of nitrogens with one attached hydrogen (secondary N) is 1. The van der Waals surface area contributed by atoms with Crippen LogP contribution in [0.15, 0.2) is 53.4 Å². The van der Waals surface area contributed by atoms with E-state index < -0.39 is 5.97 Å². The van der Waals surface area contributed by atoms with Crippen molar-refractivity contribution in [2.24, 2.45) is 0 Å². The summed E-state index contributed by atoms with van der Waals surface area (Å²) in [6.07, 6.45) is 2.58. The number of carbonyl (C=O) groups is 3. The number of hydrogen-bond acceptors (Lipinski definition) is 5. The second-order valence-electron chi connectivity index (χ2n) is 6.04. The molecule has 0 heterocycles. The quantitative estimate of drug-likeness (QED) is 0.359. The summed E-state index contributed by atoms with van der Waals surface area (Å²) in [6, 6.07) is 14.6. The van der Waals surface area contributed by atoms with E-state index in [-0.39, 0.29) is 31.1 Å². The maximum atomic E-state index is 12.1. The molecule has 0 aromatic heterocycles. The van der Waals surface area contributed by atoms with Gasteiger partial charge in [-0.15, -0.1) is 11.8 Å². The lowest BCUT2D eigenvalue weighted by Gasteiger charge is -2.07.